The highest BCUT2D eigenvalue weighted by Crippen LogP contribution is 2.18. The fourth-order valence-corrected chi connectivity index (χ4v) is 1.27. The topological polar surface area (TPSA) is 58.6 Å². The van der Waals surface area contributed by atoms with Crippen LogP contribution in [0.1, 0.15) is 12.5 Å². The van der Waals surface area contributed by atoms with Gasteiger partial charge in [0.05, 0.1) is 5.92 Å². The molecule has 1 atom stereocenters. The minimum Gasteiger partial charge on any atom is -0.492 e. The highest BCUT2D eigenvalue weighted by atomic mass is 16.5. The molecule has 1 aromatic rings. The Balaban J connectivity index is 2.62. The number of carboxylic acid groups (broad SMARTS) is 1. The predicted molar refractivity (Wildman–Crippen MR) is 61.5 cm³/mol. The second kappa shape index (κ2) is 6.12. The lowest BCUT2D eigenvalue weighted by atomic mass is 10.2. The van der Waals surface area contributed by atoms with Gasteiger partial charge in [0, 0.05) is 12.1 Å². The molecule has 4 nitrogen and oxygen atoms in total. The average Bonchev–Trinajstić information content (AvgIpc) is 2.27. The number of para-hydroxylation sites is 1. The van der Waals surface area contributed by atoms with E-state index >= 15 is 0 Å². The minimum absolute atomic E-state index is 0.191. The van der Waals surface area contributed by atoms with Crippen LogP contribution in [0.3, 0.4) is 0 Å². The Morgan fingerprint density at radius 2 is 2.19 bits per heavy atom. The number of carboxylic acids is 1. The SMILES string of the molecule is CNCc1ccccc1OCC(C)C(=O)O. The van der Waals surface area contributed by atoms with Crippen LogP contribution in [0.4, 0.5) is 0 Å². The highest BCUT2D eigenvalue weighted by Gasteiger charge is 2.12. The van der Waals surface area contributed by atoms with Crippen molar-refractivity contribution < 1.29 is 14.6 Å². The third-order valence-corrected chi connectivity index (χ3v) is 2.25. The van der Waals surface area contributed by atoms with Crippen LogP contribution in [0.2, 0.25) is 0 Å². The molecule has 2 N–H and O–H groups in total. The van der Waals surface area contributed by atoms with Crippen molar-refractivity contribution in [3.05, 3.63) is 29.8 Å². The molecule has 0 bridgehead atoms. The molecule has 0 saturated carbocycles. The van der Waals surface area contributed by atoms with Gasteiger partial charge in [0.25, 0.3) is 0 Å². The van der Waals surface area contributed by atoms with E-state index in [-0.39, 0.29) is 6.61 Å². The Morgan fingerprint density at radius 1 is 1.50 bits per heavy atom. The summed E-state index contributed by atoms with van der Waals surface area (Å²) in [5.41, 5.74) is 1.03. The smallest absolute Gasteiger partial charge is 0.309 e. The molecule has 88 valence electrons. The monoisotopic (exact) mass is 223 g/mol. The summed E-state index contributed by atoms with van der Waals surface area (Å²) in [4.78, 5) is 10.6. The van der Waals surface area contributed by atoms with Gasteiger partial charge in [0.15, 0.2) is 0 Å². The normalized spacial score (nSPS) is 12.1. The van der Waals surface area contributed by atoms with Crippen molar-refractivity contribution in [1.82, 2.24) is 5.32 Å². The molecule has 16 heavy (non-hydrogen) atoms. The number of rotatable bonds is 6. The third-order valence-electron chi connectivity index (χ3n) is 2.25. The summed E-state index contributed by atoms with van der Waals surface area (Å²) in [6, 6.07) is 7.61. The molecule has 0 aromatic heterocycles. The maximum absolute atomic E-state index is 10.6. The summed E-state index contributed by atoms with van der Waals surface area (Å²) in [6.07, 6.45) is 0. The molecule has 1 unspecified atom stereocenters. The van der Waals surface area contributed by atoms with Crippen molar-refractivity contribution in [2.45, 2.75) is 13.5 Å². The lowest BCUT2D eigenvalue weighted by molar-refractivity contribution is -0.142. The number of hydrogen-bond acceptors (Lipinski definition) is 3. The number of aliphatic carboxylic acids is 1. The van der Waals surface area contributed by atoms with E-state index in [1.807, 2.05) is 31.3 Å². The van der Waals surface area contributed by atoms with Gasteiger partial charge in [-0.05, 0) is 20.0 Å². The number of ether oxygens (including phenoxy) is 1. The zero-order valence-corrected chi connectivity index (χ0v) is 9.56. The quantitative estimate of drug-likeness (QED) is 0.767. The van der Waals surface area contributed by atoms with Gasteiger partial charge >= 0.3 is 5.97 Å². The molecule has 0 saturated heterocycles. The summed E-state index contributed by atoms with van der Waals surface area (Å²) in [5.74, 6) is -0.598. The second-order valence-corrected chi connectivity index (χ2v) is 3.69. The second-order valence-electron chi connectivity index (χ2n) is 3.69. The van der Waals surface area contributed by atoms with Gasteiger partial charge in [-0.3, -0.25) is 4.79 Å². The Kier molecular flexibility index (Phi) is 4.79. The van der Waals surface area contributed by atoms with Gasteiger partial charge in [-0.2, -0.15) is 0 Å². The summed E-state index contributed by atoms with van der Waals surface area (Å²) in [5, 5.41) is 11.8. The zero-order chi connectivity index (χ0) is 12.0. The lowest BCUT2D eigenvalue weighted by Gasteiger charge is -2.12. The Morgan fingerprint density at radius 3 is 2.81 bits per heavy atom. The summed E-state index contributed by atoms with van der Waals surface area (Å²) in [6.45, 7) is 2.52. The molecule has 0 radical (unpaired) electrons. The van der Waals surface area contributed by atoms with Crippen LogP contribution in [0, 0.1) is 5.92 Å². The van der Waals surface area contributed by atoms with Crippen molar-refractivity contribution in [1.29, 1.82) is 0 Å². The van der Waals surface area contributed by atoms with E-state index in [0.29, 0.717) is 6.54 Å². The first-order valence-electron chi connectivity index (χ1n) is 5.23. The van der Waals surface area contributed by atoms with Crippen LogP contribution in [0.5, 0.6) is 5.75 Å². The van der Waals surface area contributed by atoms with E-state index < -0.39 is 11.9 Å². The van der Waals surface area contributed by atoms with Crippen molar-refractivity contribution >= 4 is 5.97 Å². The number of benzene rings is 1. The van der Waals surface area contributed by atoms with Crippen molar-refractivity contribution in [2.75, 3.05) is 13.7 Å². The van der Waals surface area contributed by atoms with E-state index in [4.69, 9.17) is 9.84 Å². The lowest BCUT2D eigenvalue weighted by Crippen LogP contribution is -2.18. The molecule has 1 rings (SSSR count). The molecule has 0 aliphatic rings. The van der Waals surface area contributed by atoms with E-state index in [2.05, 4.69) is 5.32 Å². The first kappa shape index (κ1) is 12.5. The Labute approximate surface area is 95.2 Å². The van der Waals surface area contributed by atoms with E-state index in [9.17, 15) is 4.79 Å². The zero-order valence-electron chi connectivity index (χ0n) is 9.56. The fraction of sp³-hybridized carbons (Fsp3) is 0.417. The first-order valence-corrected chi connectivity index (χ1v) is 5.23. The largest absolute Gasteiger partial charge is 0.492 e. The molecule has 0 spiro atoms. The Hall–Kier alpha value is -1.55. The van der Waals surface area contributed by atoms with Crippen molar-refractivity contribution in [2.24, 2.45) is 5.92 Å². The standard InChI is InChI=1S/C12H17NO3/c1-9(12(14)15)8-16-11-6-4-3-5-10(11)7-13-2/h3-6,9,13H,7-8H2,1-2H3,(H,14,15). The van der Waals surface area contributed by atoms with Crippen molar-refractivity contribution in [3.8, 4) is 5.75 Å². The number of hydrogen-bond donors (Lipinski definition) is 2. The first-order chi connectivity index (χ1) is 7.65. The minimum atomic E-state index is -0.842. The van der Waals surface area contributed by atoms with E-state index in [1.54, 1.807) is 6.92 Å². The molecule has 4 heteroatoms. The molecule has 1 aromatic carbocycles. The van der Waals surface area contributed by atoms with Crippen LogP contribution in [0.15, 0.2) is 24.3 Å². The summed E-state index contributed by atoms with van der Waals surface area (Å²) >= 11 is 0. The molecule has 0 amide bonds. The molecular weight excluding hydrogens is 206 g/mol. The van der Waals surface area contributed by atoms with Gasteiger partial charge in [-0.15, -0.1) is 0 Å². The van der Waals surface area contributed by atoms with Crippen LogP contribution in [0.25, 0.3) is 0 Å². The average molecular weight is 223 g/mol. The molecule has 0 heterocycles. The highest BCUT2D eigenvalue weighted by molar-refractivity contribution is 5.69. The Bertz CT molecular complexity index is 352. The maximum Gasteiger partial charge on any atom is 0.309 e. The summed E-state index contributed by atoms with van der Waals surface area (Å²) in [7, 11) is 1.86. The van der Waals surface area contributed by atoms with Crippen LogP contribution in [-0.2, 0) is 11.3 Å². The molecule has 0 aliphatic heterocycles. The van der Waals surface area contributed by atoms with Crippen LogP contribution >= 0.6 is 0 Å². The van der Waals surface area contributed by atoms with Crippen LogP contribution < -0.4 is 10.1 Å². The molecule has 0 aliphatic carbocycles. The summed E-state index contributed by atoms with van der Waals surface area (Å²) < 4.78 is 5.49. The fourth-order valence-electron chi connectivity index (χ4n) is 1.27. The predicted octanol–water partition coefficient (Wildman–Crippen LogP) is 1.51. The van der Waals surface area contributed by atoms with E-state index in [1.165, 1.54) is 0 Å². The number of nitrogens with one attached hydrogen (secondary N) is 1. The molecular formula is C12H17NO3. The third kappa shape index (κ3) is 3.55. The molecule has 0 fully saturated rings. The van der Waals surface area contributed by atoms with Crippen molar-refractivity contribution in [3.63, 3.8) is 0 Å². The van der Waals surface area contributed by atoms with Gasteiger partial charge in [-0.1, -0.05) is 18.2 Å². The number of carbonyl (C=O) groups is 1. The van der Waals surface area contributed by atoms with Gasteiger partial charge in [0.2, 0.25) is 0 Å². The van der Waals surface area contributed by atoms with Gasteiger partial charge < -0.3 is 15.2 Å². The van der Waals surface area contributed by atoms with Gasteiger partial charge in [0.1, 0.15) is 12.4 Å². The van der Waals surface area contributed by atoms with Gasteiger partial charge in [-0.25, -0.2) is 0 Å². The van der Waals surface area contributed by atoms with Crippen LogP contribution in [-0.4, -0.2) is 24.7 Å². The maximum atomic E-state index is 10.6. The van der Waals surface area contributed by atoms with E-state index in [0.717, 1.165) is 11.3 Å².